The van der Waals surface area contributed by atoms with Crippen molar-refractivity contribution in [1.29, 1.82) is 0 Å². The summed E-state index contributed by atoms with van der Waals surface area (Å²) < 4.78 is 65.8. The number of hydrogen-bond acceptors (Lipinski definition) is 5. The first-order chi connectivity index (χ1) is 15.1. The van der Waals surface area contributed by atoms with Gasteiger partial charge in [-0.15, -0.1) is 0 Å². The third-order valence-electron chi connectivity index (χ3n) is 4.67. The van der Waals surface area contributed by atoms with Gasteiger partial charge in [0, 0.05) is 18.2 Å². The molecular formula is C21H21F3N2O5S. The van der Waals surface area contributed by atoms with Gasteiger partial charge in [-0.05, 0) is 61.2 Å². The maximum absolute atomic E-state index is 12.6. The highest BCUT2D eigenvalue weighted by molar-refractivity contribution is 7.92. The van der Waals surface area contributed by atoms with Crippen LogP contribution in [0.15, 0.2) is 53.4 Å². The lowest BCUT2D eigenvalue weighted by molar-refractivity contribution is -0.123. The molecule has 0 aliphatic heterocycles. The first-order valence-corrected chi connectivity index (χ1v) is 11.3. The standard InChI is InChI=1S/C21H21F3N2O5S/c22-21(23,24)32(29,30)18-9-3-15(4-10-18)20(28)25-12-11-14-1-7-17(8-2-14)31-13-19(27)26-16-5-6-16/h1-4,7-10,16H,5-6,11-13H2,(H,25,28)(H,26,27). The molecule has 11 heteroatoms. The molecule has 0 unspecified atom stereocenters. The number of benzene rings is 2. The molecule has 32 heavy (non-hydrogen) atoms. The lowest BCUT2D eigenvalue weighted by atomic mass is 10.1. The van der Waals surface area contributed by atoms with E-state index in [1.807, 2.05) is 0 Å². The van der Waals surface area contributed by atoms with Crippen LogP contribution in [0.5, 0.6) is 5.75 Å². The van der Waals surface area contributed by atoms with Gasteiger partial charge in [0.25, 0.3) is 21.7 Å². The summed E-state index contributed by atoms with van der Waals surface area (Å²) in [6.45, 7) is 0.195. The molecule has 1 fully saturated rings. The van der Waals surface area contributed by atoms with E-state index in [0.717, 1.165) is 42.7 Å². The Balaban J connectivity index is 1.44. The lowest BCUT2D eigenvalue weighted by Crippen LogP contribution is -2.30. The highest BCUT2D eigenvalue weighted by Gasteiger charge is 2.46. The van der Waals surface area contributed by atoms with Crippen molar-refractivity contribution in [2.24, 2.45) is 0 Å². The fourth-order valence-electron chi connectivity index (χ4n) is 2.74. The Kier molecular flexibility index (Phi) is 7.07. The molecule has 0 aromatic heterocycles. The van der Waals surface area contributed by atoms with Crippen molar-refractivity contribution in [2.75, 3.05) is 13.2 Å². The zero-order chi connectivity index (χ0) is 23.4. The summed E-state index contributed by atoms with van der Waals surface area (Å²) in [4.78, 5) is 22.8. The molecule has 172 valence electrons. The topological polar surface area (TPSA) is 102 Å². The number of amides is 2. The largest absolute Gasteiger partial charge is 0.501 e. The van der Waals surface area contributed by atoms with Crippen LogP contribution < -0.4 is 15.4 Å². The van der Waals surface area contributed by atoms with Gasteiger partial charge < -0.3 is 15.4 Å². The molecule has 1 aliphatic rings. The molecule has 7 nitrogen and oxygen atoms in total. The van der Waals surface area contributed by atoms with E-state index >= 15 is 0 Å². The number of alkyl halides is 3. The number of rotatable bonds is 9. The van der Waals surface area contributed by atoms with Gasteiger partial charge in [-0.3, -0.25) is 9.59 Å². The van der Waals surface area contributed by atoms with Gasteiger partial charge in [0.1, 0.15) is 5.75 Å². The Hall–Kier alpha value is -3.08. The molecule has 1 aliphatic carbocycles. The van der Waals surface area contributed by atoms with Crippen LogP contribution in [0.4, 0.5) is 13.2 Å². The number of halogens is 3. The van der Waals surface area contributed by atoms with Crippen LogP contribution >= 0.6 is 0 Å². The monoisotopic (exact) mass is 470 g/mol. The summed E-state index contributed by atoms with van der Waals surface area (Å²) in [5.41, 5.74) is -4.47. The Labute approximate surface area is 182 Å². The first-order valence-electron chi connectivity index (χ1n) is 9.77. The maximum atomic E-state index is 12.6. The zero-order valence-corrected chi connectivity index (χ0v) is 17.6. The molecule has 0 bridgehead atoms. The SMILES string of the molecule is O=C(COc1ccc(CCNC(=O)c2ccc(S(=O)(=O)C(F)(F)F)cc2)cc1)NC1CC1. The van der Waals surface area contributed by atoms with Gasteiger partial charge in [-0.25, -0.2) is 8.42 Å². The predicted molar refractivity (Wildman–Crippen MR) is 109 cm³/mol. The zero-order valence-electron chi connectivity index (χ0n) is 16.8. The van der Waals surface area contributed by atoms with Crippen molar-refractivity contribution in [1.82, 2.24) is 10.6 Å². The molecule has 3 rings (SSSR count). The number of carbonyl (C=O) groups is 2. The Morgan fingerprint density at radius 2 is 1.62 bits per heavy atom. The van der Waals surface area contributed by atoms with E-state index in [1.54, 1.807) is 24.3 Å². The molecule has 2 aromatic carbocycles. The average Bonchev–Trinajstić information content (AvgIpc) is 3.56. The molecule has 2 amide bonds. The molecular weight excluding hydrogens is 449 g/mol. The summed E-state index contributed by atoms with van der Waals surface area (Å²) in [7, 11) is -5.45. The van der Waals surface area contributed by atoms with Gasteiger partial charge in [-0.1, -0.05) is 12.1 Å². The fraction of sp³-hybridized carbons (Fsp3) is 0.333. The quantitative estimate of drug-likeness (QED) is 0.587. The van der Waals surface area contributed by atoms with Gasteiger partial charge in [0.15, 0.2) is 6.61 Å². The second kappa shape index (κ2) is 9.60. The molecule has 0 spiro atoms. The van der Waals surface area contributed by atoms with Crippen LogP contribution in [0.3, 0.4) is 0 Å². The first kappa shape index (κ1) is 23.6. The molecule has 0 saturated heterocycles. The highest BCUT2D eigenvalue weighted by Crippen LogP contribution is 2.30. The number of hydrogen-bond donors (Lipinski definition) is 2. The van der Waals surface area contributed by atoms with E-state index in [9.17, 15) is 31.2 Å². The van der Waals surface area contributed by atoms with Crippen molar-refractivity contribution in [3.8, 4) is 5.75 Å². The minimum atomic E-state index is -5.45. The van der Waals surface area contributed by atoms with Crippen LogP contribution in [-0.2, 0) is 21.1 Å². The second-order valence-corrected chi connectivity index (χ2v) is 9.20. The number of nitrogens with one attached hydrogen (secondary N) is 2. The highest BCUT2D eigenvalue weighted by atomic mass is 32.2. The van der Waals surface area contributed by atoms with Crippen molar-refractivity contribution < 1.29 is 35.9 Å². The van der Waals surface area contributed by atoms with E-state index in [2.05, 4.69) is 10.6 Å². The van der Waals surface area contributed by atoms with Gasteiger partial charge in [-0.2, -0.15) is 13.2 Å². The van der Waals surface area contributed by atoms with Gasteiger partial charge >= 0.3 is 5.51 Å². The van der Waals surface area contributed by atoms with Crippen molar-refractivity contribution in [3.63, 3.8) is 0 Å². The summed E-state index contributed by atoms with van der Waals surface area (Å²) in [5.74, 6) is -0.163. The third-order valence-corrected chi connectivity index (χ3v) is 6.17. The van der Waals surface area contributed by atoms with Crippen molar-refractivity contribution in [2.45, 2.75) is 35.7 Å². The molecule has 2 N–H and O–H groups in total. The third kappa shape index (κ3) is 6.22. The average molecular weight is 470 g/mol. The summed E-state index contributed by atoms with van der Waals surface area (Å²) >= 11 is 0. The summed E-state index contributed by atoms with van der Waals surface area (Å²) in [5, 5.41) is 5.44. The predicted octanol–water partition coefficient (Wildman–Crippen LogP) is 2.61. The molecule has 1 saturated carbocycles. The van der Waals surface area contributed by atoms with Crippen LogP contribution in [0.1, 0.15) is 28.8 Å². The minimum absolute atomic E-state index is 0.0411. The second-order valence-electron chi connectivity index (χ2n) is 7.25. The molecule has 2 aromatic rings. The fourth-order valence-corrected chi connectivity index (χ4v) is 3.50. The van der Waals surface area contributed by atoms with Crippen molar-refractivity contribution in [3.05, 3.63) is 59.7 Å². The van der Waals surface area contributed by atoms with Crippen LogP contribution in [0.25, 0.3) is 0 Å². The summed E-state index contributed by atoms with van der Waals surface area (Å²) in [6, 6.07) is 10.8. The van der Waals surface area contributed by atoms with E-state index < -0.39 is 26.1 Å². The van der Waals surface area contributed by atoms with E-state index in [4.69, 9.17) is 4.74 Å². The lowest BCUT2D eigenvalue weighted by Gasteiger charge is -2.10. The smallest absolute Gasteiger partial charge is 0.484 e. The van der Waals surface area contributed by atoms with Gasteiger partial charge in [0.05, 0.1) is 4.90 Å². The molecule has 0 atom stereocenters. The Bertz CT molecular complexity index is 1060. The van der Waals surface area contributed by atoms with Crippen LogP contribution in [0, 0.1) is 0 Å². The molecule has 0 radical (unpaired) electrons. The number of sulfone groups is 1. The van der Waals surface area contributed by atoms with Crippen LogP contribution in [0.2, 0.25) is 0 Å². The molecule has 0 heterocycles. The number of carbonyl (C=O) groups excluding carboxylic acids is 2. The van der Waals surface area contributed by atoms with E-state index in [1.165, 1.54) is 0 Å². The van der Waals surface area contributed by atoms with E-state index in [-0.39, 0.29) is 30.7 Å². The summed E-state index contributed by atoms with van der Waals surface area (Å²) in [6.07, 6.45) is 2.49. The number of ether oxygens (including phenoxy) is 1. The van der Waals surface area contributed by atoms with Gasteiger partial charge in [0.2, 0.25) is 0 Å². The van der Waals surface area contributed by atoms with Crippen LogP contribution in [-0.4, -0.2) is 44.9 Å². The van der Waals surface area contributed by atoms with E-state index in [0.29, 0.717) is 12.2 Å². The Morgan fingerprint density at radius 3 is 2.19 bits per heavy atom. The van der Waals surface area contributed by atoms with Crippen molar-refractivity contribution >= 4 is 21.7 Å². The maximum Gasteiger partial charge on any atom is 0.501 e. The Morgan fingerprint density at radius 1 is 1.00 bits per heavy atom. The minimum Gasteiger partial charge on any atom is -0.484 e. The normalized spacial score (nSPS) is 14.0.